The molecule has 21 heavy (non-hydrogen) atoms. The van der Waals surface area contributed by atoms with Crippen LogP contribution >= 0.6 is 23.2 Å². The van der Waals surface area contributed by atoms with E-state index in [1.54, 1.807) is 35.0 Å². The fraction of sp³-hybridized carbons (Fsp3) is 0.333. The zero-order valence-electron chi connectivity index (χ0n) is 12.0. The van der Waals surface area contributed by atoms with Gasteiger partial charge in [-0.3, -0.25) is 9.48 Å². The Balaban J connectivity index is 1.89. The number of nitrogens with zero attached hydrogens (tertiary/aromatic N) is 3. The zero-order valence-corrected chi connectivity index (χ0v) is 13.5. The first-order valence-corrected chi connectivity index (χ1v) is 7.36. The second-order valence-electron chi connectivity index (χ2n) is 5.01. The third kappa shape index (κ3) is 4.48. The van der Waals surface area contributed by atoms with Crippen LogP contribution in [0.4, 0.5) is 0 Å². The van der Waals surface area contributed by atoms with E-state index in [1.165, 1.54) is 0 Å². The van der Waals surface area contributed by atoms with Gasteiger partial charge in [0.25, 0.3) is 0 Å². The van der Waals surface area contributed by atoms with Crippen molar-refractivity contribution >= 4 is 29.1 Å². The number of hydrogen-bond donors (Lipinski definition) is 0. The molecular weight excluding hydrogens is 309 g/mol. The first-order chi connectivity index (χ1) is 9.95. The molecule has 0 fully saturated rings. The molecule has 6 heteroatoms. The molecule has 0 radical (unpaired) electrons. The minimum absolute atomic E-state index is 0.0740. The van der Waals surface area contributed by atoms with E-state index in [1.807, 2.05) is 19.3 Å². The van der Waals surface area contributed by atoms with Gasteiger partial charge in [0, 0.05) is 48.9 Å². The Bertz CT molecular complexity index is 640. The summed E-state index contributed by atoms with van der Waals surface area (Å²) in [7, 11) is 3.65. The van der Waals surface area contributed by atoms with Gasteiger partial charge >= 0.3 is 0 Å². The average molecular weight is 326 g/mol. The molecule has 2 aromatic rings. The lowest BCUT2D eigenvalue weighted by molar-refractivity contribution is -0.130. The highest BCUT2D eigenvalue weighted by Crippen LogP contribution is 2.22. The van der Waals surface area contributed by atoms with Crippen LogP contribution in [-0.2, 0) is 24.8 Å². The Labute approximate surface area is 134 Å². The van der Waals surface area contributed by atoms with Crippen molar-refractivity contribution in [3.05, 3.63) is 51.8 Å². The number of carbonyl (C=O) groups is 1. The first kappa shape index (κ1) is 15.9. The van der Waals surface area contributed by atoms with Crippen molar-refractivity contribution in [2.75, 3.05) is 7.05 Å². The molecule has 2 rings (SSSR count). The maximum Gasteiger partial charge on any atom is 0.222 e. The summed E-state index contributed by atoms with van der Waals surface area (Å²) in [6, 6.07) is 5.34. The molecule has 0 aliphatic rings. The fourth-order valence-electron chi connectivity index (χ4n) is 2.07. The number of aryl methyl sites for hydroxylation is 2. The van der Waals surface area contributed by atoms with Gasteiger partial charge < -0.3 is 4.90 Å². The molecule has 0 bridgehead atoms. The van der Waals surface area contributed by atoms with Crippen molar-refractivity contribution in [3.63, 3.8) is 0 Å². The molecule has 0 aliphatic heterocycles. The predicted octanol–water partition coefficient (Wildman–Crippen LogP) is 3.32. The SMILES string of the molecule is CN(Cc1cnn(C)c1)C(=O)CCc1ccc(Cl)cc1Cl. The lowest BCUT2D eigenvalue weighted by atomic mass is 10.1. The molecule has 0 aliphatic carbocycles. The van der Waals surface area contributed by atoms with Crippen LogP contribution in [-0.4, -0.2) is 27.6 Å². The van der Waals surface area contributed by atoms with E-state index >= 15 is 0 Å². The normalized spacial score (nSPS) is 10.7. The van der Waals surface area contributed by atoms with Gasteiger partial charge in [0.2, 0.25) is 5.91 Å². The topological polar surface area (TPSA) is 38.1 Å². The number of aromatic nitrogens is 2. The van der Waals surface area contributed by atoms with Crippen molar-refractivity contribution in [2.24, 2.45) is 7.05 Å². The smallest absolute Gasteiger partial charge is 0.222 e. The second-order valence-corrected chi connectivity index (χ2v) is 5.85. The Hall–Kier alpha value is -1.52. The number of benzene rings is 1. The van der Waals surface area contributed by atoms with Crippen LogP contribution in [0.15, 0.2) is 30.6 Å². The molecule has 1 aromatic carbocycles. The van der Waals surface area contributed by atoms with Crippen LogP contribution in [0.5, 0.6) is 0 Å². The maximum atomic E-state index is 12.1. The molecule has 0 N–H and O–H groups in total. The van der Waals surface area contributed by atoms with Crippen molar-refractivity contribution < 1.29 is 4.79 Å². The van der Waals surface area contributed by atoms with Gasteiger partial charge in [0.05, 0.1) is 6.20 Å². The van der Waals surface area contributed by atoms with Crippen LogP contribution in [0.2, 0.25) is 10.0 Å². The van der Waals surface area contributed by atoms with Crippen LogP contribution in [0, 0.1) is 0 Å². The molecule has 112 valence electrons. The summed E-state index contributed by atoms with van der Waals surface area (Å²) in [4.78, 5) is 13.8. The van der Waals surface area contributed by atoms with Crippen LogP contribution in [0.1, 0.15) is 17.5 Å². The van der Waals surface area contributed by atoms with Crippen LogP contribution < -0.4 is 0 Å². The standard InChI is InChI=1S/C15H17Cl2N3O/c1-19(9-11-8-18-20(2)10-11)15(21)6-4-12-3-5-13(16)7-14(12)17/h3,5,7-8,10H,4,6,9H2,1-2H3. The average Bonchev–Trinajstić information content (AvgIpc) is 2.82. The molecule has 1 aromatic heterocycles. The van der Waals surface area contributed by atoms with Crippen molar-refractivity contribution in [2.45, 2.75) is 19.4 Å². The highest BCUT2D eigenvalue weighted by Gasteiger charge is 2.11. The monoisotopic (exact) mass is 325 g/mol. The Morgan fingerprint density at radius 3 is 2.76 bits per heavy atom. The fourth-order valence-corrected chi connectivity index (χ4v) is 2.58. The number of amides is 1. The van der Waals surface area contributed by atoms with E-state index in [4.69, 9.17) is 23.2 Å². The van der Waals surface area contributed by atoms with E-state index in [2.05, 4.69) is 5.10 Å². The third-order valence-electron chi connectivity index (χ3n) is 3.23. The number of rotatable bonds is 5. The number of hydrogen-bond acceptors (Lipinski definition) is 2. The lowest BCUT2D eigenvalue weighted by Crippen LogP contribution is -2.26. The first-order valence-electron chi connectivity index (χ1n) is 6.61. The van der Waals surface area contributed by atoms with E-state index in [0.717, 1.165) is 11.1 Å². The summed E-state index contributed by atoms with van der Waals surface area (Å²) < 4.78 is 1.72. The van der Waals surface area contributed by atoms with Crippen molar-refractivity contribution in [3.8, 4) is 0 Å². The lowest BCUT2D eigenvalue weighted by Gasteiger charge is -2.16. The van der Waals surface area contributed by atoms with Gasteiger partial charge in [-0.25, -0.2) is 0 Å². The van der Waals surface area contributed by atoms with E-state index in [-0.39, 0.29) is 5.91 Å². The maximum absolute atomic E-state index is 12.1. The van der Waals surface area contributed by atoms with E-state index < -0.39 is 0 Å². The molecule has 0 atom stereocenters. The zero-order chi connectivity index (χ0) is 15.4. The number of halogens is 2. The highest BCUT2D eigenvalue weighted by molar-refractivity contribution is 6.35. The summed E-state index contributed by atoms with van der Waals surface area (Å²) in [6.07, 6.45) is 4.68. The Morgan fingerprint density at radius 1 is 1.38 bits per heavy atom. The molecule has 0 unspecified atom stereocenters. The van der Waals surface area contributed by atoms with Crippen LogP contribution in [0.25, 0.3) is 0 Å². The van der Waals surface area contributed by atoms with Crippen molar-refractivity contribution in [1.82, 2.24) is 14.7 Å². The van der Waals surface area contributed by atoms with E-state index in [0.29, 0.717) is 29.4 Å². The molecule has 4 nitrogen and oxygen atoms in total. The molecule has 0 saturated heterocycles. The molecule has 0 spiro atoms. The summed E-state index contributed by atoms with van der Waals surface area (Å²) in [5.74, 6) is 0.0740. The molecule has 1 heterocycles. The Kier molecular flexibility index (Phi) is 5.26. The Morgan fingerprint density at radius 2 is 2.14 bits per heavy atom. The minimum Gasteiger partial charge on any atom is -0.341 e. The summed E-state index contributed by atoms with van der Waals surface area (Å²) in [6.45, 7) is 0.557. The second kappa shape index (κ2) is 6.96. The van der Waals surface area contributed by atoms with Crippen LogP contribution in [0.3, 0.4) is 0 Å². The predicted molar refractivity (Wildman–Crippen MR) is 84.5 cm³/mol. The van der Waals surface area contributed by atoms with Gasteiger partial charge in [-0.2, -0.15) is 5.10 Å². The summed E-state index contributed by atoms with van der Waals surface area (Å²) in [5, 5.41) is 5.29. The van der Waals surface area contributed by atoms with Gasteiger partial charge in [-0.1, -0.05) is 29.3 Å². The number of carbonyl (C=O) groups excluding carboxylic acids is 1. The third-order valence-corrected chi connectivity index (χ3v) is 3.81. The highest BCUT2D eigenvalue weighted by atomic mass is 35.5. The molecule has 0 saturated carbocycles. The van der Waals surface area contributed by atoms with Gasteiger partial charge in [-0.05, 0) is 24.1 Å². The van der Waals surface area contributed by atoms with Gasteiger partial charge in [-0.15, -0.1) is 0 Å². The summed E-state index contributed by atoms with van der Waals surface area (Å²) >= 11 is 12.0. The van der Waals surface area contributed by atoms with Crippen molar-refractivity contribution in [1.29, 1.82) is 0 Å². The largest absolute Gasteiger partial charge is 0.341 e. The van der Waals surface area contributed by atoms with Gasteiger partial charge in [0.15, 0.2) is 0 Å². The minimum atomic E-state index is 0.0740. The quantitative estimate of drug-likeness (QED) is 0.845. The van der Waals surface area contributed by atoms with E-state index in [9.17, 15) is 4.79 Å². The molecule has 1 amide bonds. The molecular formula is C15H17Cl2N3O. The van der Waals surface area contributed by atoms with Gasteiger partial charge in [0.1, 0.15) is 0 Å². The summed E-state index contributed by atoms with van der Waals surface area (Å²) in [5.41, 5.74) is 1.95.